The Hall–Kier alpha value is -1.68. The number of benzene rings is 1. The van der Waals surface area contributed by atoms with Crippen molar-refractivity contribution in [2.45, 2.75) is 31.2 Å². The molecule has 1 aromatic carbocycles. The molecule has 0 atom stereocenters. The fourth-order valence-electron chi connectivity index (χ4n) is 3.90. The van der Waals surface area contributed by atoms with Crippen molar-refractivity contribution in [2.75, 3.05) is 26.2 Å². The second-order valence-electron chi connectivity index (χ2n) is 6.36. The molecule has 0 saturated carbocycles. The summed E-state index contributed by atoms with van der Waals surface area (Å²) < 4.78 is 13.0. The standard InChI is InChI=1S/C18H23FN2O/c1-2-11-21-12-3-8-18(21)9-13-20(14-10-18)17(22)15-4-6-16(19)7-5-15/h2,4-7H,1,3,8-14H2. The molecule has 4 heteroatoms. The number of hydrogen-bond acceptors (Lipinski definition) is 2. The Morgan fingerprint density at radius 2 is 1.86 bits per heavy atom. The Kier molecular flexibility index (Phi) is 4.30. The van der Waals surface area contributed by atoms with Crippen molar-refractivity contribution in [3.05, 3.63) is 48.3 Å². The van der Waals surface area contributed by atoms with Crippen molar-refractivity contribution in [3.8, 4) is 0 Å². The number of carbonyl (C=O) groups is 1. The van der Waals surface area contributed by atoms with E-state index in [1.165, 1.54) is 25.0 Å². The fraction of sp³-hybridized carbons (Fsp3) is 0.500. The van der Waals surface area contributed by atoms with E-state index in [1.54, 1.807) is 12.1 Å². The summed E-state index contributed by atoms with van der Waals surface area (Å²) in [5, 5.41) is 0. The topological polar surface area (TPSA) is 23.6 Å². The van der Waals surface area contributed by atoms with Crippen molar-refractivity contribution >= 4 is 5.91 Å². The molecule has 2 saturated heterocycles. The van der Waals surface area contributed by atoms with E-state index < -0.39 is 0 Å². The Morgan fingerprint density at radius 3 is 2.50 bits per heavy atom. The maximum atomic E-state index is 13.0. The van der Waals surface area contributed by atoms with Crippen LogP contribution in [-0.2, 0) is 0 Å². The Balaban J connectivity index is 1.65. The Labute approximate surface area is 131 Å². The van der Waals surface area contributed by atoms with Crippen molar-refractivity contribution < 1.29 is 9.18 Å². The molecule has 2 aliphatic rings. The van der Waals surface area contributed by atoms with Gasteiger partial charge in [0.05, 0.1) is 0 Å². The highest BCUT2D eigenvalue weighted by molar-refractivity contribution is 5.94. The van der Waals surface area contributed by atoms with E-state index in [1.807, 2.05) is 11.0 Å². The normalized spacial score (nSPS) is 21.2. The van der Waals surface area contributed by atoms with E-state index in [9.17, 15) is 9.18 Å². The Bertz CT molecular complexity index is 547. The molecule has 1 amide bonds. The summed E-state index contributed by atoms with van der Waals surface area (Å²) in [6.07, 6.45) is 6.48. The third-order valence-corrected chi connectivity index (χ3v) is 5.16. The smallest absolute Gasteiger partial charge is 0.253 e. The summed E-state index contributed by atoms with van der Waals surface area (Å²) >= 11 is 0. The summed E-state index contributed by atoms with van der Waals surface area (Å²) in [6, 6.07) is 5.84. The highest BCUT2D eigenvalue weighted by Gasteiger charge is 2.43. The number of amides is 1. The number of hydrogen-bond donors (Lipinski definition) is 0. The van der Waals surface area contributed by atoms with E-state index in [2.05, 4.69) is 11.5 Å². The molecule has 2 aliphatic heterocycles. The fourth-order valence-corrected chi connectivity index (χ4v) is 3.90. The molecule has 3 rings (SSSR count). The summed E-state index contributed by atoms with van der Waals surface area (Å²) in [5.74, 6) is -0.289. The first-order chi connectivity index (χ1) is 10.6. The second-order valence-corrected chi connectivity index (χ2v) is 6.36. The van der Waals surface area contributed by atoms with Crippen LogP contribution >= 0.6 is 0 Å². The van der Waals surface area contributed by atoms with Gasteiger partial charge in [-0.05, 0) is 56.5 Å². The molecule has 22 heavy (non-hydrogen) atoms. The van der Waals surface area contributed by atoms with Gasteiger partial charge in [-0.25, -0.2) is 4.39 Å². The minimum absolute atomic E-state index is 0.0168. The predicted octanol–water partition coefficient (Wildman–Crippen LogP) is 3.08. The van der Waals surface area contributed by atoms with Gasteiger partial charge in [-0.15, -0.1) is 6.58 Å². The van der Waals surface area contributed by atoms with E-state index in [0.29, 0.717) is 5.56 Å². The van der Waals surface area contributed by atoms with Gasteiger partial charge in [0.15, 0.2) is 0 Å². The molecular formula is C18H23FN2O. The summed E-state index contributed by atoms with van der Waals surface area (Å²) in [7, 11) is 0. The van der Waals surface area contributed by atoms with Gasteiger partial charge in [0.25, 0.3) is 5.91 Å². The zero-order chi connectivity index (χ0) is 15.6. The van der Waals surface area contributed by atoms with Gasteiger partial charge in [0.2, 0.25) is 0 Å². The van der Waals surface area contributed by atoms with Gasteiger partial charge in [-0.1, -0.05) is 6.08 Å². The van der Waals surface area contributed by atoms with Gasteiger partial charge in [-0.2, -0.15) is 0 Å². The lowest BCUT2D eigenvalue weighted by Gasteiger charge is -2.45. The molecule has 3 nitrogen and oxygen atoms in total. The zero-order valence-electron chi connectivity index (χ0n) is 12.9. The van der Waals surface area contributed by atoms with Gasteiger partial charge in [0, 0.05) is 30.7 Å². The third-order valence-electron chi connectivity index (χ3n) is 5.16. The lowest BCUT2D eigenvalue weighted by Crippen LogP contribution is -2.53. The van der Waals surface area contributed by atoms with E-state index in [-0.39, 0.29) is 17.3 Å². The SMILES string of the molecule is C=CCN1CCCC12CCN(C(=O)c1ccc(F)cc1)CC2. The van der Waals surface area contributed by atoms with Crippen LogP contribution in [0.25, 0.3) is 0 Å². The number of nitrogens with zero attached hydrogens (tertiary/aromatic N) is 2. The molecule has 0 N–H and O–H groups in total. The molecule has 1 spiro atoms. The largest absolute Gasteiger partial charge is 0.339 e. The van der Waals surface area contributed by atoms with Gasteiger partial charge in [0.1, 0.15) is 5.82 Å². The molecule has 0 radical (unpaired) electrons. The summed E-state index contributed by atoms with van der Waals surface area (Å²) in [6.45, 7) is 7.49. The van der Waals surface area contributed by atoms with Crippen LogP contribution in [0.15, 0.2) is 36.9 Å². The monoisotopic (exact) mass is 302 g/mol. The lowest BCUT2D eigenvalue weighted by molar-refractivity contribution is 0.0452. The highest BCUT2D eigenvalue weighted by atomic mass is 19.1. The minimum atomic E-state index is -0.305. The van der Waals surface area contributed by atoms with E-state index >= 15 is 0 Å². The molecule has 118 valence electrons. The van der Waals surface area contributed by atoms with Crippen LogP contribution in [0, 0.1) is 5.82 Å². The van der Waals surface area contributed by atoms with Crippen molar-refractivity contribution in [2.24, 2.45) is 0 Å². The van der Waals surface area contributed by atoms with Gasteiger partial charge in [-0.3, -0.25) is 9.69 Å². The molecule has 0 aliphatic carbocycles. The van der Waals surface area contributed by atoms with Crippen LogP contribution in [-0.4, -0.2) is 47.4 Å². The summed E-state index contributed by atoms with van der Waals surface area (Å²) in [4.78, 5) is 16.9. The van der Waals surface area contributed by atoms with Gasteiger partial charge < -0.3 is 4.90 Å². The lowest BCUT2D eigenvalue weighted by atomic mass is 9.84. The van der Waals surface area contributed by atoms with Crippen LogP contribution in [0.2, 0.25) is 0 Å². The predicted molar refractivity (Wildman–Crippen MR) is 85.3 cm³/mol. The van der Waals surface area contributed by atoms with Crippen molar-refractivity contribution in [3.63, 3.8) is 0 Å². The maximum absolute atomic E-state index is 13.0. The van der Waals surface area contributed by atoms with E-state index in [0.717, 1.165) is 39.0 Å². The molecule has 0 unspecified atom stereocenters. The first kappa shape index (κ1) is 15.2. The van der Waals surface area contributed by atoms with Crippen LogP contribution < -0.4 is 0 Å². The van der Waals surface area contributed by atoms with Crippen LogP contribution in [0.4, 0.5) is 4.39 Å². The third kappa shape index (κ3) is 2.80. The first-order valence-corrected chi connectivity index (χ1v) is 8.05. The average Bonchev–Trinajstić information content (AvgIpc) is 2.91. The summed E-state index contributed by atoms with van der Waals surface area (Å²) in [5.41, 5.74) is 0.833. The molecule has 1 aromatic rings. The van der Waals surface area contributed by atoms with Crippen LogP contribution in [0.1, 0.15) is 36.0 Å². The quantitative estimate of drug-likeness (QED) is 0.801. The van der Waals surface area contributed by atoms with Gasteiger partial charge >= 0.3 is 0 Å². The number of rotatable bonds is 3. The molecular weight excluding hydrogens is 279 g/mol. The highest BCUT2D eigenvalue weighted by Crippen LogP contribution is 2.38. The molecule has 2 heterocycles. The van der Waals surface area contributed by atoms with Crippen molar-refractivity contribution in [1.82, 2.24) is 9.80 Å². The maximum Gasteiger partial charge on any atom is 0.253 e. The van der Waals surface area contributed by atoms with E-state index in [4.69, 9.17) is 0 Å². The zero-order valence-corrected chi connectivity index (χ0v) is 12.9. The average molecular weight is 302 g/mol. The Morgan fingerprint density at radius 1 is 1.18 bits per heavy atom. The van der Waals surface area contributed by atoms with Crippen LogP contribution in [0.5, 0.6) is 0 Å². The molecule has 0 aromatic heterocycles. The first-order valence-electron chi connectivity index (χ1n) is 8.05. The minimum Gasteiger partial charge on any atom is -0.339 e. The second kappa shape index (κ2) is 6.21. The molecule has 0 bridgehead atoms. The number of piperidine rings is 1. The number of likely N-dealkylation sites (tertiary alicyclic amines) is 2. The number of carbonyl (C=O) groups excluding carboxylic acids is 1. The van der Waals surface area contributed by atoms with Crippen molar-refractivity contribution in [1.29, 1.82) is 0 Å². The van der Waals surface area contributed by atoms with Crippen LogP contribution in [0.3, 0.4) is 0 Å². The molecule has 2 fully saturated rings. The number of halogens is 1.